The highest BCUT2D eigenvalue weighted by Gasteiger charge is 2.26. The summed E-state index contributed by atoms with van der Waals surface area (Å²) in [4.78, 5) is 19.6. The fraction of sp³-hybridized carbons (Fsp3) is 0.556. The molecule has 0 spiro atoms. The molecular weight excluding hydrogens is 326 g/mol. The van der Waals surface area contributed by atoms with Crippen LogP contribution in [0.4, 0.5) is 0 Å². The molecule has 1 unspecified atom stereocenters. The number of halogens is 1. The topological polar surface area (TPSA) is 67.9 Å². The van der Waals surface area contributed by atoms with E-state index in [1.807, 2.05) is 25.2 Å². The minimum absolute atomic E-state index is 0.0591. The van der Waals surface area contributed by atoms with Crippen LogP contribution in [0.2, 0.25) is 5.02 Å². The number of carbonyl (C=O) groups is 1. The van der Waals surface area contributed by atoms with Gasteiger partial charge in [0.05, 0.1) is 0 Å². The minimum Gasteiger partial charge on any atom is -0.384 e. The van der Waals surface area contributed by atoms with Crippen molar-refractivity contribution in [3.63, 3.8) is 0 Å². The monoisotopic (exact) mass is 351 g/mol. The Kier molecular flexibility index (Phi) is 6.91. The number of carbonyl (C=O) groups excluding carboxylic acids is 1. The summed E-state index contributed by atoms with van der Waals surface area (Å²) in [5, 5.41) is 4.53. The van der Waals surface area contributed by atoms with Crippen molar-refractivity contribution in [3.05, 3.63) is 34.9 Å². The van der Waals surface area contributed by atoms with E-state index in [1.165, 1.54) is 19.3 Å². The maximum absolute atomic E-state index is 12.4. The average Bonchev–Trinajstić information content (AvgIpc) is 2.61. The molecule has 1 fully saturated rings. The molecule has 5 nitrogen and oxygen atoms in total. The molecule has 0 bridgehead atoms. The van der Waals surface area contributed by atoms with E-state index in [4.69, 9.17) is 22.2 Å². The predicted molar refractivity (Wildman–Crippen MR) is 97.0 cm³/mol. The molecule has 24 heavy (non-hydrogen) atoms. The van der Waals surface area contributed by atoms with Crippen LogP contribution in [-0.4, -0.2) is 35.8 Å². The number of amidine groups is 1. The molecule has 0 aliphatic heterocycles. The Morgan fingerprint density at radius 3 is 2.71 bits per heavy atom. The number of amides is 1. The van der Waals surface area contributed by atoms with Gasteiger partial charge in [0.1, 0.15) is 5.84 Å². The molecule has 0 heterocycles. The van der Waals surface area contributed by atoms with E-state index in [0.29, 0.717) is 23.3 Å². The summed E-state index contributed by atoms with van der Waals surface area (Å²) in [7, 11) is 1.84. The van der Waals surface area contributed by atoms with Gasteiger partial charge in [0.2, 0.25) is 6.10 Å². The molecule has 0 aromatic heterocycles. The third-order valence-electron chi connectivity index (χ3n) is 4.48. The lowest BCUT2D eigenvalue weighted by Crippen LogP contribution is -2.43. The molecule has 0 saturated heterocycles. The maximum Gasteiger partial charge on any atom is 0.266 e. The van der Waals surface area contributed by atoms with Crippen molar-refractivity contribution in [2.24, 2.45) is 10.9 Å². The van der Waals surface area contributed by atoms with E-state index >= 15 is 0 Å². The highest BCUT2D eigenvalue weighted by molar-refractivity contribution is 6.31. The van der Waals surface area contributed by atoms with Gasteiger partial charge < -0.3 is 15.5 Å². The summed E-state index contributed by atoms with van der Waals surface area (Å²) in [6, 6.07) is 7.74. The highest BCUT2D eigenvalue weighted by atomic mass is 35.5. The number of hydrogen-bond acceptors (Lipinski definition) is 3. The lowest BCUT2D eigenvalue weighted by molar-refractivity contribution is -0.144. The molecule has 6 heteroatoms. The molecular formula is C18H26ClN3O2. The molecule has 1 amide bonds. The molecule has 1 atom stereocenters. The van der Waals surface area contributed by atoms with Crippen LogP contribution in [0.3, 0.4) is 0 Å². The van der Waals surface area contributed by atoms with E-state index in [1.54, 1.807) is 17.9 Å². The van der Waals surface area contributed by atoms with Crippen LogP contribution < -0.4 is 5.73 Å². The van der Waals surface area contributed by atoms with Gasteiger partial charge in [0.25, 0.3) is 5.91 Å². The number of benzene rings is 1. The Hall–Kier alpha value is -1.75. The second-order valence-corrected chi connectivity index (χ2v) is 6.75. The molecule has 2 N–H and O–H groups in total. The molecule has 1 aliphatic rings. The minimum atomic E-state index is -0.651. The van der Waals surface area contributed by atoms with Crippen LogP contribution in [0.1, 0.15) is 44.6 Å². The van der Waals surface area contributed by atoms with Crippen LogP contribution in [0.15, 0.2) is 29.4 Å². The first kappa shape index (κ1) is 18.6. The number of oxime groups is 1. The Bertz CT molecular complexity index is 585. The lowest BCUT2D eigenvalue weighted by Gasteiger charge is -2.32. The van der Waals surface area contributed by atoms with E-state index in [0.717, 1.165) is 18.4 Å². The van der Waals surface area contributed by atoms with Crippen molar-refractivity contribution in [3.8, 4) is 0 Å². The van der Waals surface area contributed by atoms with Crippen molar-refractivity contribution < 1.29 is 9.63 Å². The van der Waals surface area contributed by atoms with Gasteiger partial charge in [-0.2, -0.15) is 0 Å². The molecule has 2 rings (SSSR count). The summed E-state index contributed by atoms with van der Waals surface area (Å²) in [5.41, 5.74) is 6.76. The zero-order valence-electron chi connectivity index (χ0n) is 14.4. The third-order valence-corrected chi connectivity index (χ3v) is 4.84. The second kappa shape index (κ2) is 8.92. The Labute approximate surface area is 148 Å². The zero-order chi connectivity index (χ0) is 17.5. The smallest absolute Gasteiger partial charge is 0.266 e. The Morgan fingerprint density at radius 1 is 1.38 bits per heavy atom. The standard InChI is InChI=1S/C18H26ClN3O2/c1-13(18(23)22(2)15-9-4-3-5-10-15)24-21-17(20)12-14-8-6-7-11-16(14)19/h6-8,11,13,15H,3-5,9-10,12H2,1-2H3,(H2,20,21). The van der Waals surface area contributed by atoms with Crippen LogP contribution >= 0.6 is 11.6 Å². The average molecular weight is 352 g/mol. The van der Waals surface area contributed by atoms with Gasteiger partial charge in [0, 0.05) is 24.5 Å². The fourth-order valence-corrected chi connectivity index (χ4v) is 3.20. The number of nitrogens with zero attached hydrogens (tertiary/aromatic N) is 2. The largest absolute Gasteiger partial charge is 0.384 e. The fourth-order valence-electron chi connectivity index (χ4n) is 3.00. The zero-order valence-corrected chi connectivity index (χ0v) is 15.1. The van der Waals surface area contributed by atoms with Crippen molar-refractivity contribution in [1.82, 2.24) is 4.90 Å². The molecule has 1 aliphatic carbocycles. The van der Waals surface area contributed by atoms with Gasteiger partial charge in [-0.05, 0) is 31.4 Å². The number of rotatable bonds is 6. The predicted octanol–water partition coefficient (Wildman–Crippen LogP) is 3.35. The molecule has 1 aromatic rings. The van der Waals surface area contributed by atoms with Gasteiger partial charge in [-0.25, -0.2) is 0 Å². The Morgan fingerprint density at radius 2 is 2.04 bits per heavy atom. The quantitative estimate of drug-likeness (QED) is 0.485. The normalized spacial score (nSPS) is 17.4. The molecule has 1 saturated carbocycles. The molecule has 132 valence electrons. The first-order valence-electron chi connectivity index (χ1n) is 8.47. The second-order valence-electron chi connectivity index (χ2n) is 6.34. The SMILES string of the molecule is CC(ON=C(N)Cc1ccccc1Cl)C(=O)N(C)C1CCCCC1. The molecule has 0 radical (unpaired) electrons. The number of likely N-dealkylation sites (N-methyl/N-ethyl adjacent to an activating group) is 1. The van der Waals surface area contributed by atoms with Gasteiger partial charge >= 0.3 is 0 Å². The van der Waals surface area contributed by atoms with Crippen molar-refractivity contribution in [2.45, 2.75) is 57.6 Å². The van der Waals surface area contributed by atoms with Crippen LogP contribution in [0.25, 0.3) is 0 Å². The Balaban J connectivity index is 1.87. The third kappa shape index (κ3) is 5.13. The summed E-state index contributed by atoms with van der Waals surface area (Å²) in [6.07, 6.45) is 5.48. The van der Waals surface area contributed by atoms with Gasteiger partial charge in [-0.3, -0.25) is 4.79 Å². The van der Waals surface area contributed by atoms with Gasteiger partial charge in [0.15, 0.2) is 0 Å². The first-order chi connectivity index (χ1) is 11.5. The number of nitrogens with two attached hydrogens (primary N) is 1. The summed E-state index contributed by atoms with van der Waals surface area (Å²) in [6.45, 7) is 1.70. The first-order valence-corrected chi connectivity index (χ1v) is 8.85. The van der Waals surface area contributed by atoms with E-state index in [-0.39, 0.29) is 5.91 Å². The summed E-state index contributed by atoms with van der Waals surface area (Å²) >= 11 is 6.10. The maximum atomic E-state index is 12.4. The van der Waals surface area contributed by atoms with Gasteiger partial charge in [-0.15, -0.1) is 0 Å². The van der Waals surface area contributed by atoms with E-state index in [2.05, 4.69) is 5.16 Å². The number of hydrogen-bond donors (Lipinski definition) is 1. The van der Waals surface area contributed by atoms with Crippen molar-refractivity contribution in [1.29, 1.82) is 0 Å². The van der Waals surface area contributed by atoms with E-state index in [9.17, 15) is 4.79 Å². The molecule has 1 aromatic carbocycles. The van der Waals surface area contributed by atoms with Crippen molar-refractivity contribution in [2.75, 3.05) is 7.05 Å². The van der Waals surface area contributed by atoms with Crippen LogP contribution in [0, 0.1) is 0 Å². The van der Waals surface area contributed by atoms with Crippen LogP contribution in [0.5, 0.6) is 0 Å². The van der Waals surface area contributed by atoms with E-state index < -0.39 is 6.10 Å². The lowest BCUT2D eigenvalue weighted by atomic mass is 9.94. The highest BCUT2D eigenvalue weighted by Crippen LogP contribution is 2.22. The van der Waals surface area contributed by atoms with Crippen molar-refractivity contribution >= 4 is 23.3 Å². The van der Waals surface area contributed by atoms with Gasteiger partial charge in [-0.1, -0.05) is 54.2 Å². The van der Waals surface area contributed by atoms with Crippen LogP contribution in [-0.2, 0) is 16.1 Å². The summed E-state index contributed by atoms with van der Waals surface area (Å²) < 4.78 is 0. The summed E-state index contributed by atoms with van der Waals surface area (Å²) in [5.74, 6) is 0.235.